The normalized spacial score (nSPS) is 23.9. The number of rotatable bonds is 3. The summed E-state index contributed by atoms with van der Waals surface area (Å²) in [4.78, 5) is 26.3. The molecule has 1 heterocycles. The molecule has 1 unspecified atom stereocenters. The van der Waals surface area contributed by atoms with Crippen molar-refractivity contribution in [3.05, 3.63) is 0 Å². The molecule has 0 aromatic heterocycles. The maximum Gasteiger partial charge on any atom is 0.411 e. The van der Waals surface area contributed by atoms with Gasteiger partial charge in [0, 0.05) is 42.2 Å². The van der Waals surface area contributed by atoms with Crippen LogP contribution in [0.5, 0.6) is 0 Å². The number of nitrogens with zero attached hydrogens (tertiary/aromatic N) is 1. The average molecular weight is 396 g/mol. The van der Waals surface area contributed by atoms with Crippen LogP contribution in [0.4, 0.5) is 4.79 Å². The molecule has 1 rings (SSSR count). The molecule has 0 spiro atoms. The Morgan fingerprint density at radius 3 is 2.45 bits per heavy atom. The van der Waals surface area contributed by atoms with Crippen molar-refractivity contribution in [1.82, 2.24) is 10.2 Å². The van der Waals surface area contributed by atoms with Crippen molar-refractivity contribution >= 4 is 32.5 Å². The van der Waals surface area contributed by atoms with Gasteiger partial charge in [0.25, 0.3) is 0 Å². The molecule has 1 atom stereocenters. The quantitative estimate of drug-likeness (QED) is 0.589. The fourth-order valence-electron chi connectivity index (χ4n) is 2.49. The first kappa shape index (κ1) is 17.7. The summed E-state index contributed by atoms with van der Waals surface area (Å²) in [7, 11) is 0. The lowest BCUT2D eigenvalue weighted by Gasteiger charge is -2.46. The minimum atomic E-state index is -0.796. The standard InChI is InChI=1S/C14H25IN2O3/c1-10(2)8-14(11(15)18)9-16-6-7-17(14)12(19)20-13(3,4)5/h10,16H,6-9H2,1-5H3. The largest absolute Gasteiger partial charge is 0.444 e. The number of ether oxygens (including phenoxy) is 1. The summed E-state index contributed by atoms with van der Waals surface area (Å²) in [5.41, 5.74) is -1.35. The third kappa shape index (κ3) is 4.31. The Hall–Kier alpha value is -0.370. The topological polar surface area (TPSA) is 58.6 Å². The average Bonchev–Trinajstić information content (AvgIpc) is 2.25. The molecule has 0 radical (unpaired) electrons. The third-order valence-corrected chi connectivity index (χ3v) is 4.18. The fourth-order valence-corrected chi connectivity index (χ4v) is 3.19. The van der Waals surface area contributed by atoms with Crippen molar-refractivity contribution < 1.29 is 14.3 Å². The monoisotopic (exact) mass is 396 g/mol. The SMILES string of the molecule is CC(C)CC1(C(=O)I)CNCCN1C(=O)OC(C)(C)C. The molecule has 1 amide bonds. The van der Waals surface area contributed by atoms with Gasteiger partial charge in [0.2, 0.25) is 3.79 Å². The van der Waals surface area contributed by atoms with E-state index in [2.05, 4.69) is 19.2 Å². The van der Waals surface area contributed by atoms with E-state index in [1.807, 2.05) is 20.8 Å². The number of hydrogen-bond donors (Lipinski definition) is 1. The Bertz CT molecular complexity index is 379. The molecule has 1 aliphatic heterocycles. The van der Waals surface area contributed by atoms with Crippen LogP contribution < -0.4 is 5.32 Å². The zero-order chi connectivity index (χ0) is 15.6. The molecule has 0 bridgehead atoms. The fraction of sp³-hybridized carbons (Fsp3) is 0.857. The number of carbonyl (C=O) groups is 2. The van der Waals surface area contributed by atoms with E-state index in [4.69, 9.17) is 4.74 Å². The van der Waals surface area contributed by atoms with Crippen LogP contribution in [-0.4, -0.2) is 45.6 Å². The Morgan fingerprint density at radius 2 is 2.00 bits per heavy atom. The van der Waals surface area contributed by atoms with Crippen molar-refractivity contribution in [2.75, 3.05) is 19.6 Å². The van der Waals surface area contributed by atoms with Crippen molar-refractivity contribution in [3.8, 4) is 0 Å². The molecule has 1 saturated heterocycles. The molecular weight excluding hydrogens is 371 g/mol. The molecule has 0 saturated carbocycles. The van der Waals surface area contributed by atoms with E-state index in [9.17, 15) is 9.59 Å². The summed E-state index contributed by atoms with van der Waals surface area (Å²) in [5.74, 6) is 0.318. The van der Waals surface area contributed by atoms with Crippen molar-refractivity contribution in [1.29, 1.82) is 0 Å². The second kappa shape index (κ2) is 6.60. The van der Waals surface area contributed by atoms with E-state index in [1.165, 1.54) is 0 Å². The molecule has 20 heavy (non-hydrogen) atoms. The predicted molar refractivity (Wildman–Crippen MR) is 87.0 cm³/mol. The van der Waals surface area contributed by atoms with E-state index in [-0.39, 0.29) is 3.79 Å². The van der Waals surface area contributed by atoms with E-state index in [0.29, 0.717) is 32.0 Å². The van der Waals surface area contributed by atoms with Gasteiger partial charge >= 0.3 is 6.09 Å². The van der Waals surface area contributed by atoms with Crippen molar-refractivity contribution in [2.24, 2.45) is 5.92 Å². The lowest BCUT2D eigenvalue weighted by atomic mass is 9.87. The number of nitrogens with one attached hydrogen (secondary N) is 1. The van der Waals surface area contributed by atoms with E-state index in [0.717, 1.165) is 0 Å². The highest BCUT2D eigenvalue weighted by atomic mass is 127. The molecule has 5 nitrogen and oxygen atoms in total. The van der Waals surface area contributed by atoms with Crippen LogP contribution in [0.15, 0.2) is 0 Å². The Labute approximate surface area is 134 Å². The van der Waals surface area contributed by atoms with Gasteiger partial charge in [-0.25, -0.2) is 4.79 Å². The van der Waals surface area contributed by atoms with Crippen LogP contribution in [0.1, 0.15) is 41.0 Å². The van der Waals surface area contributed by atoms with Gasteiger partial charge in [-0.1, -0.05) is 13.8 Å². The highest BCUT2D eigenvalue weighted by molar-refractivity contribution is 14.1. The maximum absolute atomic E-state index is 12.4. The molecule has 0 aliphatic carbocycles. The summed E-state index contributed by atoms with van der Waals surface area (Å²) in [5, 5.41) is 3.23. The van der Waals surface area contributed by atoms with Crippen LogP contribution in [0.25, 0.3) is 0 Å². The van der Waals surface area contributed by atoms with Gasteiger partial charge in [0.05, 0.1) is 0 Å². The van der Waals surface area contributed by atoms with Gasteiger partial charge < -0.3 is 10.1 Å². The summed E-state index contributed by atoms with van der Waals surface area (Å²) in [6, 6.07) is 0. The van der Waals surface area contributed by atoms with E-state index >= 15 is 0 Å². The second-order valence-corrected chi connectivity index (χ2v) is 7.69. The zero-order valence-electron chi connectivity index (χ0n) is 13.0. The maximum atomic E-state index is 12.4. The molecule has 6 heteroatoms. The van der Waals surface area contributed by atoms with Crippen LogP contribution in [0.3, 0.4) is 0 Å². The second-order valence-electron chi connectivity index (χ2n) is 6.71. The minimum Gasteiger partial charge on any atom is -0.444 e. The molecular formula is C14H25IN2O3. The molecule has 1 aliphatic rings. The predicted octanol–water partition coefficient (Wildman–Crippen LogP) is 2.57. The first-order valence-corrected chi connectivity index (χ1v) is 8.07. The van der Waals surface area contributed by atoms with Crippen LogP contribution in [0.2, 0.25) is 0 Å². The van der Waals surface area contributed by atoms with Gasteiger partial charge in [-0.3, -0.25) is 9.69 Å². The van der Waals surface area contributed by atoms with Gasteiger partial charge in [-0.2, -0.15) is 0 Å². The van der Waals surface area contributed by atoms with Crippen molar-refractivity contribution in [2.45, 2.75) is 52.2 Å². The first-order valence-electron chi connectivity index (χ1n) is 7.00. The lowest BCUT2D eigenvalue weighted by molar-refractivity contribution is -0.122. The Balaban J connectivity index is 3.04. The molecule has 0 aromatic rings. The van der Waals surface area contributed by atoms with E-state index < -0.39 is 17.2 Å². The summed E-state index contributed by atoms with van der Waals surface area (Å²) >= 11 is 1.81. The molecule has 0 aromatic carbocycles. The van der Waals surface area contributed by atoms with Crippen LogP contribution in [-0.2, 0) is 9.53 Å². The number of amides is 1. The first-order chi connectivity index (χ1) is 9.08. The summed E-state index contributed by atoms with van der Waals surface area (Å²) in [6.45, 7) is 11.3. The Kier molecular flexibility index (Phi) is 5.83. The van der Waals surface area contributed by atoms with Gasteiger partial charge in [0.15, 0.2) is 0 Å². The zero-order valence-corrected chi connectivity index (χ0v) is 15.1. The highest BCUT2D eigenvalue weighted by Crippen LogP contribution is 2.31. The Morgan fingerprint density at radius 1 is 1.40 bits per heavy atom. The number of carbonyl (C=O) groups excluding carboxylic acids is 2. The molecule has 116 valence electrons. The van der Waals surface area contributed by atoms with E-state index in [1.54, 1.807) is 27.5 Å². The molecule has 1 fully saturated rings. The number of hydrogen-bond acceptors (Lipinski definition) is 4. The third-order valence-electron chi connectivity index (χ3n) is 3.17. The number of piperazine rings is 1. The summed E-state index contributed by atoms with van der Waals surface area (Å²) < 4.78 is 5.46. The van der Waals surface area contributed by atoms with Gasteiger partial charge in [-0.15, -0.1) is 0 Å². The molecule has 1 N–H and O–H groups in total. The van der Waals surface area contributed by atoms with Gasteiger partial charge in [0.1, 0.15) is 11.1 Å². The van der Waals surface area contributed by atoms with Crippen LogP contribution in [0, 0.1) is 5.92 Å². The van der Waals surface area contributed by atoms with Gasteiger partial charge in [-0.05, 0) is 33.1 Å². The summed E-state index contributed by atoms with van der Waals surface area (Å²) in [6.07, 6.45) is 0.241. The highest BCUT2D eigenvalue weighted by Gasteiger charge is 2.48. The van der Waals surface area contributed by atoms with Crippen molar-refractivity contribution in [3.63, 3.8) is 0 Å². The van der Waals surface area contributed by atoms with Crippen LogP contribution >= 0.6 is 22.6 Å². The number of halogens is 1. The lowest BCUT2D eigenvalue weighted by Crippen LogP contribution is -2.66. The smallest absolute Gasteiger partial charge is 0.411 e. The minimum absolute atomic E-state index is 0.0122.